The third-order valence-electron chi connectivity index (χ3n) is 4.36. The van der Waals surface area contributed by atoms with Crippen LogP contribution in [0, 0.1) is 17.7 Å². The summed E-state index contributed by atoms with van der Waals surface area (Å²) in [6.45, 7) is 0.387. The maximum Gasteiger partial charge on any atom is 0.267 e. The first-order valence-corrected chi connectivity index (χ1v) is 8.08. The van der Waals surface area contributed by atoms with Gasteiger partial charge in [0.25, 0.3) is 11.8 Å². The zero-order chi connectivity index (χ0) is 19.8. The highest BCUT2D eigenvalue weighted by atomic mass is 19.1. The van der Waals surface area contributed by atoms with Crippen LogP contribution in [0.4, 0.5) is 10.1 Å². The number of nitrogens with zero attached hydrogens (tertiary/aromatic N) is 2. The van der Waals surface area contributed by atoms with E-state index < -0.39 is 23.2 Å². The lowest BCUT2D eigenvalue weighted by atomic mass is 9.98. The van der Waals surface area contributed by atoms with E-state index in [9.17, 15) is 19.1 Å². The molecule has 0 spiro atoms. The predicted molar refractivity (Wildman–Crippen MR) is 96.6 cm³/mol. The zero-order valence-corrected chi connectivity index (χ0v) is 14.5. The maximum absolute atomic E-state index is 14.6. The SMILES string of the molecule is CN1CC[C@@](O)(C#Cc2cc(N)c(F)c(-c3cccnc3C(N)=O)c2)C1=O. The standard InChI is InChI=1S/C19H17FN4O3/c1-24-8-6-19(27,18(24)26)5-4-11-9-13(15(20)14(21)10-11)12-3-2-7-23-16(12)17(22)25/h2-3,7,9-10,27H,6,8,21H2,1H3,(H2,22,25)/t19-/m0/s1. The number of nitrogen functional groups attached to an aromatic ring is 1. The monoisotopic (exact) mass is 368 g/mol. The van der Waals surface area contributed by atoms with Gasteiger partial charge in [0.2, 0.25) is 5.60 Å². The second-order valence-corrected chi connectivity index (χ2v) is 6.28. The first-order chi connectivity index (χ1) is 12.7. The van der Waals surface area contributed by atoms with E-state index in [4.69, 9.17) is 11.5 Å². The molecule has 1 aliphatic heterocycles. The van der Waals surface area contributed by atoms with E-state index in [1.54, 1.807) is 7.05 Å². The second-order valence-electron chi connectivity index (χ2n) is 6.28. The Morgan fingerprint density at radius 2 is 2.15 bits per heavy atom. The fourth-order valence-corrected chi connectivity index (χ4v) is 2.88. The van der Waals surface area contributed by atoms with Crippen LogP contribution in [0.5, 0.6) is 0 Å². The van der Waals surface area contributed by atoms with Crippen molar-refractivity contribution in [3.63, 3.8) is 0 Å². The summed E-state index contributed by atoms with van der Waals surface area (Å²) in [5, 5.41) is 10.4. The van der Waals surface area contributed by atoms with E-state index in [1.165, 1.54) is 35.4 Å². The van der Waals surface area contributed by atoms with E-state index in [-0.39, 0.29) is 34.5 Å². The van der Waals surface area contributed by atoms with E-state index >= 15 is 0 Å². The molecule has 5 N–H and O–H groups in total. The maximum atomic E-state index is 14.6. The molecule has 1 aromatic heterocycles. The number of amides is 2. The van der Waals surface area contributed by atoms with Gasteiger partial charge in [-0.25, -0.2) is 4.39 Å². The Bertz CT molecular complexity index is 1010. The van der Waals surface area contributed by atoms with Crippen LogP contribution < -0.4 is 11.5 Å². The fourth-order valence-electron chi connectivity index (χ4n) is 2.88. The Labute approximate surface area is 154 Å². The number of carbonyl (C=O) groups is 2. The normalized spacial score (nSPS) is 18.9. The summed E-state index contributed by atoms with van der Waals surface area (Å²) in [5.41, 5.74) is 9.41. The molecule has 1 aliphatic rings. The van der Waals surface area contributed by atoms with Crippen LogP contribution in [0.1, 0.15) is 22.5 Å². The number of aromatic nitrogens is 1. The average Bonchev–Trinajstić information content (AvgIpc) is 2.90. The Hall–Kier alpha value is -3.44. The molecule has 0 aliphatic carbocycles. The van der Waals surface area contributed by atoms with Crippen molar-refractivity contribution in [1.82, 2.24) is 9.88 Å². The largest absolute Gasteiger partial charge is 0.396 e. The summed E-state index contributed by atoms with van der Waals surface area (Å²) in [7, 11) is 1.57. The van der Waals surface area contributed by atoms with E-state index in [1.807, 2.05) is 0 Å². The van der Waals surface area contributed by atoms with Crippen LogP contribution in [0.25, 0.3) is 11.1 Å². The van der Waals surface area contributed by atoms with Crippen molar-refractivity contribution in [2.24, 2.45) is 5.73 Å². The van der Waals surface area contributed by atoms with Gasteiger partial charge in [-0.2, -0.15) is 0 Å². The number of nitrogens with two attached hydrogens (primary N) is 2. The van der Waals surface area contributed by atoms with Gasteiger partial charge in [0.05, 0.1) is 5.69 Å². The minimum absolute atomic E-state index is 0.00283. The first kappa shape index (κ1) is 18.4. The fraction of sp³-hybridized carbons (Fsp3) is 0.211. The molecule has 1 atom stereocenters. The van der Waals surface area contributed by atoms with Gasteiger partial charge in [0.1, 0.15) is 5.69 Å². The topological polar surface area (TPSA) is 123 Å². The molecule has 1 saturated heterocycles. The van der Waals surface area contributed by atoms with Crippen LogP contribution in [-0.2, 0) is 4.79 Å². The van der Waals surface area contributed by atoms with Gasteiger partial charge in [-0.3, -0.25) is 14.6 Å². The summed E-state index contributed by atoms with van der Waals surface area (Å²) in [5.74, 6) is 3.17. The van der Waals surface area contributed by atoms with Gasteiger partial charge in [0.15, 0.2) is 5.82 Å². The van der Waals surface area contributed by atoms with E-state index in [0.717, 1.165) is 0 Å². The number of rotatable bonds is 2. The zero-order valence-electron chi connectivity index (χ0n) is 14.5. The van der Waals surface area contributed by atoms with Crippen molar-refractivity contribution in [2.45, 2.75) is 12.0 Å². The summed E-state index contributed by atoms with van der Waals surface area (Å²) >= 11 is 0. The molecule has 3 rings (SSSR count). The molecule has 8 heteroatoms. The molecule has 0 unspecified atom stereocenters. The van der Waals surface area contributed by atoms with Gasteiger partial charge in [-0.05, 0) is 18.2 Å². The molecule has 1 aromatic carbocycles. The third kappa shape index (κ3) is 3.32. The summed E-state index contributed by atoms with van der Waals surface area (Å²) in [6, 6.07) is 5.68. The highest BCUT2D eigenvalue weighted by Gasteiger charge is 2.42. The van der Waals surface area contributed by atoms with Gasteiger partial charge in [0, 0.05) is 42.9 Å². The number of likely N-dealkylation sites (tertiary alicyclic amines) is 1. The molecule has 0 saturated carbocycles. The molecule has 7 nitrogen and oxygen atoms in total. The molecule has 138 valence electrons. The Kier molecular flexibility index (Phi) is 4.56. The molecule has 2 amide bonds. The summed E-state index contributed by atoms with van der Waals surface area (Å²) in [4.78, 5) is 28.9. The molecular formula is C19H17FN4O3. The number of likely N-dealkylation sites (N-methyl/N-ethyl adjacent to an activating group) is 1. The highest BCUT2D eigenvalue weighted by Crippen LogP contribution is 2.30. The highest BCUT2D eigenvalue weighted by molar-refractivity contribution is 5.98. The molecule has 0 radical (unpaired) electrons. The lowest BCUT2D eigenvalue weighted by molar-refractivity contribution is -0.137. The van der Waals surface area contributed by atoms with Crippen molar-refractivity contribution in [3.05, 3.63) is 47.5 Å². The summed E-state index contributed by atoms with van der Waals surface area (Å²) < 4.78 is 14.6. The number of pyridine rings is 1. The third-order valence-corrected chi connectivity index (χ3v) is 4.36. The van der Waals surface area contributed by atoms with Crippen LogP contribution in [-0.4, -0.2) is 46.0 Å². The smallest absolute Gasteiger partial charge is 0.267 e. The number of benzene rings is 1. The lowest BCUT2D eigenvalue weighted by Gasteiger charge is -2.13. The minimum atomic E-state index is -1.79. The van der Waals surface area contributed by atoms with E-state index in [2.05, 4.69) is 16.8 Å². The number of hydrogen-bond donors (Lipinski definition) is 3. The second kappa shape index (κ2) is 6.70. The van der Waals surface area contributed by atoms with Gasteiger partial charge >= 0.3 is 0 Å². The molecular weight excluding hydrogens is 351 g/mol. The van der Waals surface area contributed by atoms with Crippen molar-refractivity contribution in [1.29, 1.82) is 0 Å². The van der Waals surface area contributed by atoms with Crippen molar-refractivity contribution < 1.29 is 19.1 Å². The molecule has 1 fully saturated rings. The number of aliphatic hydroxyl groups is 1. The predicted octanol–water partition coefficient (Wildman–Crippen LogP) is 0.514. The van der Waals surface area contributed by atoms with Crippen LogP contribution in [0.3, 0.4) is 0 Å². The molecule has 2 aromatic rings. The number of hydrogen-bond acceptors (Lipinski definition) is 5. The summed E-state index contributed by atoms with van der Waals surface area (Å²) in [6.07, 6.45) is 1.54. The van der Waals surface area contributed by atoms with Crippen molar-refractivity contribution in [2.75, 3.05) is 19.3 Å². The Balaban J connectivity index is 2.09. The number of anilines is 1. The first-order valence-electron chi connectivity index (χ1n) is 8.08. The van der Waals surface area contributed by atoms with Crippen molar-refractivity contribution in [3.8, 4) is 23.0 Å². The number of primary amides is 1. The molecule has 2 heterocycles. The average molecular weight is 368 g/mol. The van der Waals surface area contributed by atoms with E-state index in [0.29, 0.717) is 6.54 Å². The van der Waals surface area contributed by atoms with Crippen LogP contribution in [0.15, 0.2) is 30.5 Å². The lowest BCUT2D eigenvalue weighted by Crippen LogP contribution is -2.37. The van der Waals surface area contributed by atoms with Gasteiger partial charge in [-0.15, -0.1) is 0 Å². The minimum Gasteiger partial charge on any atom is -0.396 e. The quantitative estimate of drug-likeness (QED) is 0.527. The van der Waals surface area contributed by atoms with Crippen molar-refractivity contribution >= 4 is 17.5 Å². The van der Waals surface area contributed by atoms with Gasteiger partial charge < -0.3 is 21.5 Å². The van der Waals surface area contributed by atoms with Crippen LogP contribution in [0.2, 0.25) is 0 Å². The van der Waals surface area contributed by atoms with Crippen LogP contribution >= 0.6 is 0 Å². The number of halogens is 1. The molecule has 27 heavy (non-hydrogen) atoms. The Morgan fingerprint density at radius 1 is 1.41 bits per heavy atom. The molecule has 0 bridgehead atoms. The Morgan fingerprint density at radius 3 is 2.78 bits per heavy atom. The number of carbonyl (C=O) groups excluding carboxylic acids is 2. The van der Waals surface area contributed by atoms with Gasteiger partial charge in [-0.1, -0.05) is 17.9 Å².